The molecule has 1 saturated carbocycles. The van der Waals surface area contributed by atoms with Crippen LogP contribution >= 0.6 is 23.1 Å². The Hall–Kier alpha value is -6.43. The van der Waals surface area contributed by atoms with Crippen LogP contribution in [0.25, 0.3) is 10.9 Å². The second-order valence-electron chi connectivity index (χ2n) is 14.2. The zero-order chi connectivity index (χ0) is 42.5. The van der Waals surface area contributed by atoms with Gasteiger partial charge in [-0.05, 0) is 38.8 Å². The number of amides is 3. The van der Waals surface area contributed by atoms with E-state index in [0.717, 1.165) is 46.9 Å². The molecule has 21 nitrogen and oxygen atoms in total. The minimum atomic E-state index is -1.84. The number of carboxylic acids is 2. The van der Waals surface area contributed by atoms with Gasteiger partial charge in [-0.25, -0.2) is 28.6 Å². The summed E-state index contributed by atoms with van der Waals surface area (Å²) in [6.07, 6.45) is 0.335. The summed E-state index contributed by atoms with van der Waals surface area (Å²) in [4.78, 5) is 101. The Balaban J connectivity index is 1.000. The van der Waals surface area contributed by atoms with Gasteiger partial charge in [0.1, 0.15) is 35.1 Å². The van der Waals surface area contributed by atoms with Crippen LogP contribution < -0.4 is 21.4 Å². The van der Waals surface area contributed by atoms with Gasteiger partial charge in [-0.15, -0.1) is 23.1 Å². The highest BCUT2D eigenvalue weighted by atomic mass is 32.2. The standard InChI is InChI=1S/C35H35FN8O13S2/c1-35(2,31(50)51)57-40-23(20-14-59-32(37)38-20)26(46)39-24-27(47)44-28(56-34(53)54)15(13-58-29(24)44)12-55-33(52)42-7-5-41(6-8-42)22-10-21-17(9-19(22)36)25(45)18(30(48)49)11-43(21)16-3-4-16/h9-11,14,16,24,29H,3-8,12-13H2,1-2H3,(H2,37,38)(H,39,46)(H,48,49)(H,50,51)(H,53,54)/b40-23-/t24-,29-/m1/s1. The van der Waals surface area contributed by atoms with Crippen molar-refractivity contribution in [1.29, 1.82) is 0 Å². The van der Waals surface area contributed by atoms with Gasteiger partial charge in [0.25, 0.3) is 11.8 Å². The highest BCUT2D eigenvalue weighted by Crippen LogP contribution is 2.41. The average molecular weight is 859 g/mol. The Morgan fingerprint density at radius 2 is 1.80 bits per heavy atom. The molecule has 2 aromatic heterocycles. The number of hydrogen-bond donors (Lipinski definition) is 5. The van der Waals surface area contributed by atoms with E-state index in [2.05, 4.69) is 15.5 Å². The predicted molar refractivity (Wildman–Crippen MR) is 206 cm³/mol. The Kier molecular flexibility index (Phi) is 10.9. The minimum Gasteiger partial charge on any atom is -0.478 e. The number of piperazine rings is 1. The van der Waals surface area contributed by atoms with E-state index in [-0.39, 0.29) is 65.4 Å². The molecule has 312 valence electrons. The van der Waals surface area contributed by atoms with Crippen LogP contribution in [0, 0.1) is 5.82 Å². The molecule has 24 heteroatoms. The molecule has 3 fully saturated rings. The smallest absolute Gasteiger partial charge is 0.478 e. The second kappa shape index (κ2) is 15.7. The van der Waals surface area contributed by atoms with E-state index in [9.17, 15) is 48.9 Å². The number of pyridine rings is 1. The first-order chi connectivity index (χ1) is 27.9. The van der Waals surface area contributed by atoms with Gasteiger partial charge < -0.3 is 55.0 Å². The molecule has 0 unspecified atom stereocenters. The monoisotopic (exact) mass is 858 g/mol. The summed E-state index contributed by atoms with van der Waals surface area (Å²) in [6, 6.07) is 1.33. The third kappa shape index (κ3) is 8.04. The van der Waals surface area contributed by atoms with Crippen LogP contribution in [0.3, 0.4) is 0 Å². The molecule has 7 rings (SSSR count). The minimum absolute atomic E-state index is 0.0117. The van der Waals surface area contributed by atoms with Crippen molar-refractivity contribution in [3.05, 3.63) is 62.5 Å². The molecule has 0 bridgehead atoms. The molecular weight excluding hydrogens is 824 g/mol. The van der Waals surface area contributed by atoms with Crippen LogP contribution in [0.2, 0.25) is 0 Å². The van der Waals surface area contributed by atoms with Crippen LogP contribution in [0.4, 0.5) is 24.8 Å². The molecular formula is C35H35FN8O13S2. The Morgan fingerprint density at radius 3 is 2.41 bits per heavy atom. The number of rotatable bonds is 12. The number of nitrogens with zero attached hydrogens (tertiary/aromatic N) is 6. The number of β-lactam (4-membered cyclic amide) rings is 1. The van der Waals surface area contributed by atoms with Crippen molar-refractivity contribution in [3.8, 4) is 0 Å². The molecule has 3 aliphatic heterocycles. The van der Waals surface area contributed by atoms with Crippen molar-refractivity contribution in [2.24, 2.45) is 5.16 Å². The van der Waals surface area contributed by atoms with Gasteiger partial charge in [-0.3, -0.25) is 19.3 Å². The van der Waals surface area contributed by atoms with Crippen molar-refractivity contribution in [2.45, 2.75) is 49.7 Å². The van der Waals surface area contributed by atoms with E-state index >= 15 is 4.39 Å². The number of nitrogen functional groups attached to an aromatic ring is 1. The van der Waals surface area contributed by atoms with Crippen molar-refractivity contribution in [1.82, 2.24) is 24.7 Å². The average Bonchev–Trinajstić information content (AvgIpc) is 3.95. The zero-order valence-corrected chi connectivity index (χ0v) is 32.7. The summed E-state index contributed by atoms with van der Waals surface area (Å²) in [6.45, 7) is 2.49. The molecule has 2 atom stereocenters. The number of halogens is 1. The number of ether oxygens (including phenoxy) is 2. The van der Waals surface area contributed by atoms with Gasteiger partial charge in [-0.1, -0.05) is 5.16 Å². The van der Waals surface area contributed by atoms with E-state index < -0.39 is 88.0 Å². The van der Waals surface area contributed by atoms with Crippen LogP contribution in [-0.2, 0) is 28.7 Å². The lowest BCUT2D eigenvalue weighted by atomic mass is 10.1. The SMILES string of the molecule is CC(C)(O/N=C(\C(=O)N[C@@H]1C(=O)N2C(OC(=O)O)=C(COC(=O)N3CCN(c4cc5c(cc4F)c(=O)c(C(=O)O)cn5C4CC4)CC3)CS[C@H]12)c1csc(N)n1)C(=O)O. The lowest BCUT2D eigenvalue weighted by Gasteiger charge is -2.49. The number of nitrogens with two attached hydrogens (primary N) is 1. The van der Waals surface area contributed by atoms with Crippen molar-refractivity contribution in [3.63, 3.8) is 0 Å². The second-order valence-corrected chi connectivity index (χ2v) is 16.2. The van der Waals surface area contributed by atoms with Gasteiger partial charge in [0.15, 0.2) is 10.8 Å². The van der Waals surface area contributed by atoms with Crippen molar-refractivity contribution < 1.29 is 62.8 Å². The molecule has 0 spiro atoms. The third-order valence-electron chi connectivity index (χ3n) is 9.84. The number of aromatic nitrogens is 2. The summed E-state index contributed by atoms with van der Waals surface area (Å²) in [7, 11) is 0. The number of aliphatic carboxylic acids is 1. The first-order valence-corrected chi connectivity index (χ1v) is 19.8. The molecule has 1 aromatic carbocycles. The number of thiazole rings is 1. The lowest BCUT2D eigenvalue weighted by molar-refractivity contribution is -0.161. The van der Waals surface area contributed by atoms with Gasteiger partial charge in [0.2, 0.25) is 16.9 Å². The maximum Gasteiger partial charge on any atom is 0.512 e. The molecule has 5 heterocycles. The summed E-state index contributed by atoms with van der Waals surface area (Å²) in [5, 5.41) is 35.2. The van der Waals surface area contributed by atoms with Crippen molar-refractivity contribution in [2.75, 3.05) is 49.2 Å². The number of carboxylic acid groups (broad SMARTS) is 3. The van der Waals surface area contributed by atoms with Crippen LogP contribution in [0.15, 0.2) is 45.1 Å². The summed E-state index contributed by atoms with van der Waals surface area (Å²) < 4.78 is 27.6. The maximum atomic E-state index is 15.5. The summed E-state index contributed by atoms with van der Waals surface area (Å²) >= 11 is 2.09. The summed E-state index contributed by atoms with van der Waals surface area (Å²) in [5.41, 5.74) is 2.86. The molecule has 59 heavy (non-hydrogen) atoms. The number of fused-ring (bicyclic) bond motifs is 2. The van der Waals surface area contributed by atoms with E-state index in [4.69, 9.17) is 20.0 Å². The third-order valence-corrected chi connectivity index (χ3v) is 11.9. The predicted octanol–water partition coefficient (Wildman–Crippen LogP) is 2.06. The lowest BCUT2D eigenvalue weighted by Crippen LogP contribution is -2.70. The number of nitrogens with one attached hydrogen (secondary N) is 1. The maximum absolute atomic E-state index is 15.5. The van der Waals surface area contributed by atoms with Crippen LogP contribution in [0.1, 0.15) is 48.8 Å². The fourth-order valence-electron chi connectivity index (χ4n) is 6.50. The topological polar surface area (TPSA) is 286 Å². The van der Waals surface area contributed by atoms with Gasteiger partial charge >= 0.3 is 24.2 Å². The van der Waals surface area contributed by atoms with Crippen LogP contribution in [0.5, 0.6) is 0 Å². The first-order valence-electron chi connectivity index (χ1n) is 17.8. The number of carbonyl (C=O) groups excluding carboxylic acids is 3. The molecule has 1 aliphatic carbocycles. The van der Waals surface area contributed by atoms with Gasteiger partial charge in [0, 0.05) is 60.5 Å². The number of anilines is 2. The van der Waals surface area contributed by atoms with E-state index in [1.165, 1.54) is 36.4 Å². The number of benzene rings is 1. The van der Waals surface area contributed by atoms with Gasteiger partial charge in [0.05, 0.1) is 11.2 Å². The molecule has 4 aliphatic rings. The van der Waals surface area contributed by atoms with Crippen LogP contribution in [-0.4, -0.2) is 132 Å². The number of thioether (sulfide) groups is 1. The Labute approximate surface area is 339 Å². The normalized spacial score (nSPS) is 19.5. The molecule has 2 saturated heterocycles. The number of aromatic carboxylic acids is 1. The molecule has 3 aromatic rings. The number of hydrogen-bond acceptors (Lipinski definition) is 16. The number of oxime groups is 1. The molecule has 0 radical (unpaired) electrons. The highest BCUT2D eigenvalue weighted by molar-refractivity contribution is 8.00. The van der Waals surface area contributed by atoms with Crippen molar-refractivity contribution >= 4 is 86.5 Å². The quantitative estimate of drug-likeness (QED) is 0.0754. The van der Waals surface area contributed by atoms with Gasteiger partial charge in [-0.2, -0.15) is 0 Å². The largest absolute Gasteiger partial charge is 0.512 e. The Morgan fingerprint density at radius 1 is 1.08 bits per heavy atom. The van der Waals surface area contributed by atoms with E-state index in [1.54, 1.807) is 9.47 Å². The molecule has 3 amide bonds. The fourth-order valence-corrected chi connectivity index (χ4v) is 8.35. The van der Waals surface area contributed by atoms with E-state index in [0.29, 0.717) is 5.52 Å². The van der Waals surface area contributed by atoms with E-state index in [1.807, 2.05) is 0 Å². The molecule has 6 N–H and O–H groups in total. The zero-order valence-electron chi connectivity index (χ0n) is 31.1. The summed E-state index contributed by atoms with van der Waals surface area (Å²) in [5.74, 6) is -5.61. The fraction of sp³-hybridized carbons (Fsp3) is 0.400. The number of carbonyl (C=O) groups is 6. The Bertz CT molecular complexity index is 2420. The highest BCUT2D eigenvalue weighted by Gasteiger charge is 2.54. The first kappa shape index (κ1) is 40.8.